The number of para-hydroxylation sites is 1. The van der Waals surface area contributed by atoms with Crippen LogP contribution in [-0.2, 0) is 6.54 Å². The number of carbonyl (C=O) groups is 1. The number of pyridine rings is 1. The molecule has 2 aromatic carbocycles. The van der Waals surface area contributed by atoms with Crippen LogP contribution in [0.2, 0.25) is 0 Å². The number of benzene rings is 2. The largest absolute Gasteiger partial charge is 0.367 e. The van der Waals surface area contributed by atoms with E-state index in [4.69, 9.17) is 0 Å². The minimum atomic E-state index is -0.117. The van der Waals surface area contributed by atoms with Crippen molar-refractivity contribution in [2.45, 2.75) is 13.0 Å². The maximum Gasteiger partial charge on any atom is 0.252 e. The molecule has 1 N–H and O–H groups in total. The molecule has 4 rings (SSSR count). The Kier molecular flexibility index (Phi) is 6.70. The SMILES string of the molecule is O=C(NCCCN(Cc1ccccc1)c1ccccc1)c1ccc(-n2cccn2)nc1. The van der Waals surface area contributed by atoms with E-state index in [1.807, 2.05) is 24.4 Å². The Hall–Kier alpha value is -3.93. The van der Waals surface area contributed by atoms with Gasteiger partial charge in [0, 0.05) is 43.9 Å². The Bertz CT molecular complexity index is 1060. The third-order valence-corrected chi connectivity index (χ3v) is 4.98. The molecule has 4 aromatic rings. The number of rotatable bonds is 9. The summed E-state index contributed by atoms with van der Waals surface area (Å²) in [4.78, 5) is 19.1. The number of nitrogens with one attached hydrogen (secondary N) is 1. The second-order valence-corrected chi connectivity index (χ2v) is 7.21. The summed E-state index contributed by atoms with van der Waals surface area (Å²) < 4.78 is 1.66. The summed E-state index contributed by atoms with van der Waals surface area (Å²) in [6.07, 6.45) is 5.93. The lowest BCUT2D eigenvalue weighted by molar-refractivity contribution is 0.0953. The molecule has 2 heterocycles. The molecule has 0 radical (unpaired) electrons. The maximum absolute atomic E-state index is 12.5. The van der Waals surface area contributed by atoms with Crippen molar-refractivity contribution in [1.82, 2.24) is 20.1 Å². The van der Waals surface area contributed by atoms with E-state index in [1.54, 1.807) is 29.2 Å². The normalized spacial score (nSPS) is 10.6. The molecule has 0 aliphatic heterocycles. The lowest BCUT2D eigenvalue weighted by atomic mass is 10.2. The van der Waals surface area contributed by atoms with Crippen LogP contribution in [-0.4, -0.2) is 33.8 Å². The van der Waals surface area contributed by atoms with E-state index >= 15 is 0 Å². The summed E-state index contributed by atoms with van der Waals surface area (Å²) >= 11 is 0. The average molecular weight is 412 g/mol. The van der Waals surface area contributed by atoms with Crippen molar-refractivity contribution in [3.05, 3.63) is 109 Å². The topological polar surface area (TPSA) is 63.1 Å². The number of hydrogen-bond donors (Lipinski definition) is 1. The van der Waals surface area contributed by atoms with Gasteiger partial charge in [0.1, 0.15) is 0 Å². The third-order valence-electron chi connectivity index (χ3n) is 4.98. The van der Waals surface area contributed by atoms with Gasteiger partial charge in [-0.3, -0.25) is 4.79 Å². The van der Waals surface area contributed by atoms with E-state index in [2.05, 4.69) is 68.8 Å². The summed E-state index contributed by atoms with van der Waals surface area (Å²) in [5.41, 5.74) is 2.98. The zero-order chi connectivity index (χ0) is 21.3. The number of carbonyl (C=O) groups excluding carboxylic acids is 1. The molecule has 31 heavy (non-hydrogen) atoms. The van der Waals surface area contributed by atoms with Gasteiger partial charge in [0.05, 0.1) is 5.56 Å². The first-order chi connectivity index (χ1) is 15.3. The highest BCUT2D eigenvalue weighted by atomic mass is 16.1. The molecule has 0 aliphatic rings. The van der Waals surface area contributed by atoms with Crippen LogP contribution in [0.4, 0.5) is 5.69 Å². The molecular weight excluding hydrogens is 386 g/mol. The van der Waals surface area contributed by atoms with Crippen molar-refractivity contribution in [2.75, 3.05) is 18.0 Å². The number of aromatic nitrogens is 3. The molecule has 156 valence electrons. The summed E-state index contributed by atoms with van der Waals surface area (Å²) in [5, 5.41) is 7.14. The fraction of sp³-hybridized carbons (Fsp3) is 0.160. The molecule has 0 aliphatic carbocycles. The molecule has 0 atom stereocenters. The number of hydrogen-bond acceptors (Lipinski definition) is 4. The average Bonchev–Trinajstić information content (AvgIpc) is 3.37. The van der Waals surface area contributed by atoms with Gasteiger partial charge in [0.2, 0.25) is 0 Å². The van der Waals surface area contributed by atoms with Gasteiger partial charge in [-0.05, 0) is 42.3 Å². The molecular formula is C25H25N5O. The van der Waals surface area contributed by atoms with Crippen molar-refractivity contribution < 1.29 is 4.79 Å². The zero-order valence-electron chi connectivity index (χ0n) is 17.3. The summed E-state index contributed by atoms with van der Waals surface area (Å²) in [6.45, 7) is 2.27. The first-order valence-corrected chi connectivity index (χ1v) is 10.4. The smallest absolute Gasteiger partial charge is 0.252 e. The third kappa shape index (κ3) is 5.57. The van der Waals surface area contributed by atoms with E-state index in [9.17, 15) is 4.79 Å². The van der Waals surface area contributed by atoms with Gasteiger partial charge in [-0.2, -0.15) is 5.10 Å². The molecule has 0 saturated heterocycles. The zero-order valence-corrected chi connectivity index (χ0v) is 17.3. The van der Waals surface area contributed by atoms with Crippen LogP contribution in [0.25, 0.3) is 5.82 Å². The lowest BCUT2D eigenvalue weighted by Crippen LogP contribution is -2.30. The second-order valence-electron chi connectivity index (χ2n) is 7.21. The standard InChI is InChI=1S/C25H25N5O/c31-25(22-13-14-24(27-19-22)30-18-8-16-28-30)26-15-7-17-29(23-11-5-2-6-12-23)20-21-9-3-1-4-10-21/h1-6,8-14,16,18-19H,7,15,17,20H2,(H,26,31). The second kappa shape index (κ2) is 10.2. The predicted octanol–water partition coefficient (Wildman–Crippen LogP) is 4.09. The quantitative estimate of drug-likeness (QED) is 0.421. The lowest BCUT2D eigenvalue weighted by Gasteiger charge is -2.25. The van der Waals surface area contributed by atoms with Gasteiger partial charge in [-0.25, -0.2) is 9.67 Å². The van der Waals surface area contributed by atoms with E-state index in [0.29, 0.717) is 17.9 Å². The number of nitrogens with zero attached hydrogens (tertiary/aromatic N) is 4. The summed E-state index contributed by atoms with van der Waals surface area (Å²) in [6, 6.07) is 26.2. The Morgan fingerprint density at radius 2 is 1.71 bits per heavy atom. The number of amides is 1. The van der Waals surface area contributed by atoms with Crippen molar-refractivity contribution in [2.24, 2.45) is 0 Å². The molecule has 0 fully saturated rings. The fourth-order valence-electron chi connectivity index (χ4n) is 3.38. The summed E-state index contributed by atoms with van der Waals surface area (Å²) in [5.74, 6) is 0.565. The summed E-state index contributed by atoms with van der Waals surface area (Å²) in [7, 11) is 0. The highest BCUT2D eigenvalue weighted by Gasteiger charge is 2.09. The van der Waals surface area contributed by atoms with Crippen LogP contribution >= 0.6 is 0 Å². The van der Waals surface area contributed by atoms with E-state index in [0.717, 1.165) is 19.5 Å². The Labute approximate surface area is 182 Å². The van der Waals surface area contributed by atoms with Crippen LogP contribution in [0.3, 0.4) is 0 Å². The van der Waals surface area contributed by atoms with Gasteiger partial charge < -0.3 is 10.2 Å². The van der Waals surface area contributed by atoms with Crippen LogP contribution in [0, 0.1) is 0 Å². The van der Waals surface area contributed by atoms with Crippen LogP contribution in [0.1, 0.15) is 22.3 Å². The molecule has 1 amide bonds. The fourth-order valence-corrected chi connectivity index (χ4v) is 3.38. The first kappa shape index (κ1) is 20.3. The van der Waals surface area contributed by atoms with Crippen molar-refractivity contribution in [3.63, 3.8) is 0 Å². The van der Waals surface area contributed by atoms with Gasteiger partial charge in [-0.1, -0.05) is 48.5 Å². The van der Waals surface area contributed by atoms with Gasteiger partial charge in [0.15, 0.2) is 5.82 Å². The number of anilines is 1. The Morgan fingerprint density at radius 1 is 0.935 bits per heavy atom. The van der Waals surface area contributed by atoms with Crippen molar-refractivity contribution >= 4 is 11.6 Å². The van der Waals surface area contributed by atoms with Crippen LogP contribution in [0.5, 0.6) is 0 Å². The minimum absolute atomic E-state index is 0.117. The van der Waals surface area contributed by atoms with Gasteiger partial charge >= 0.3 is 0 Å². The van der Waals surface area contributed by atoms with E-state index in [1.165, 1.54) is 11.3 Å². The van der Waals surface area contributed by atoms with Crippen LogP contribution < -0.4 is 10.2 Å². The van der Waals surface area contributed by atoms with E-state index in [-0.39, 0.29) is 5.91 Å². The predicted molar refractivity (Wildman–Crippen MR) is 122 cm³/mol. The molecule has 0 bridgehead atoms. The Balaban J connectivity index is 1.30. The van der Waals surface area contributed by atoms with Gasteiger partial charge in [-0.15, -0.1) is 0 Å². The molecule has 0 saturated carbocycles. The maximum atomic E-state index is 12.5. The monoisotopic (exact) mass is 411 g/mol. The first-order valence-electron chi connectivity index (χ1n) is 10.4. The van der Waals surface area contributed by atoms with E-state index < -0.39 is 0 Å². The highest BCUT2D eigenvalue weighted by Crippen LogP contribution is 2.17. The van der Waals surface area contributed by atoms with Crippen molar-refractivity contribution in [3.8, 4) is 5.82 Å². The molecule has 0 spiro atoms. The van der Waals surface area contributed by atoms with Crippen molar-refractivity contribution in [1.29, 1.82) is 0 Å². The molecule has 6 heteroatoms. The Morgan fingerprint density at radius 3 is 2.39 bits per heavy atom. The molecule has 6 nitrogen and oxygen atoms in total. The van der Waals surface area contributed by atoms with Gasteiger partial charge in [0.25, 0.3) is 5.91 Å². The van der Waals surface area contributed by atoms with Crippen LogP contribution in [0.15, 0.2) is 97.5 Å². The molecule has 2 aromatic heterocycles. The minimum Gasteiger partial charge on any atom is -0.367 e. The highest BCUT2D eigenvalue weighted by molar-refractivity contribution is 5.93. The molecule has 0 unspecified atom stereocenters.